The summed E-state index contributed by atoms with van der Waals surface area (Å²) in [5.41, 5.74) is 0.0150. The highest BCUT2D eigenvalue weighted by molar-refractivity contribution is 6.12. The first kappa shape index (κ1) is 14.6. The van der Waals surface area contributed by atoms with Gasteiger partial charge in [-0.3, -0.25) is 19.5 Å². The molecule has 0 bridgehead atoms. The number of nitrogens with one attached hydrogen (secondary N) is 1. The van der Waals surface area contributed by atoms with Gasteiger partial charge < -0.3 is 8.98 Å². The number of hydrogen-bond acceptors (Lipinski definition) is 6. The summed E-state index contributed by atoms with van der Waals surface area (Å²) in [5.74, 6) is 1.15. The van der Waals surface area contributed by atoms with Gasteiger partial charge >= 0.3 is 0 Å². The standard InChI is InChI=1S/C15H16N6O3/c1-8-10(11-13(24-8)16-7-20(2)14(11)23)12(22)17-15-19-18-9-5-3-4-6-21(9)15/h7H,3-6H2,1-2H3,(H,17,19,22). The van der Waals surface area contributed by atoms with Gasteiger partial charge in [-0.25, -0.2) is 4.98 Å². The zero-order valence-corrected chi connectivity index (χ0v) is 13.4. The number of rotatable bonds is 2. The van der Waals surface area contributed by atoms with Gasteiger partial charge in [-0.2, -0.15) is 0 Å². The third-order valence-electron chi connectivity index (χ3n) is 4.26. The number of nitrogens with zero attached hydrogens (tertiary/aromatic N) is 5. The lowest BCUT2D eigenvalue weighted by Crippen LogP contribution is -2.22. The quantitative estimate of drug-likeness (QED) is 0.752. The summed E-state index contributed by atoms with van der Waals surface area (Å²) in [6, 6.07) is 0. The van der Waals surface area contributed by atoms with Crippen LogP contribution in [0, 0.1) is 6.92 Å². The van der Waals surface area contributed by atoms with E-state index in [0.29, 0.717) is 11.7 Å². The first-order valence-electron chi connectivity index (χ1n) is 7.74. The number of amides is 1. The minimum Gasteiger partial charge on any atom is -0.442 e. The average molecular weight is 328 g/mol. The highest BCUT2D eigenvalue weighted by atomic mass is 16.3. The van der Waals surface area contributed by atoms with Gasteiger partial charge in [0, 0.05) is 20.0 Å². The van der Waals surface area contributed by atoms with E-state index in [1.165, 1.54) is 10.9 Å². The van der Waals surface area contributed by atoms with Crippen LogP contribution in [0.15, 0.2) is 15.5 Å². The zero-order valence-electron chi connectivity index (χ0n) is 13.4. The Balaban J connectivity index is 1.77. The lowest BCUT2D eigenvalue weighted by molar-refractivity contribution is 0.102. The molecule has 124 valence electrons. The molecule has 1 aliphatic heterocycles. The molecule has 9 nitrogen and oxygen atoms in total. The largest absolute Gasteiger partial charge is 0.442 e. The third-order valence-corrected chi connectivity index (χ3v) is 4.26. The first-order chi connectivity index (χ1) is 11.6. The van der Waals surface area contributed by atoms with E-state index in [1.54, 1.807) is 14.0 Å². The highest BCUT2D eigenvalue weighted by Crippen LogP contribution is 2.23. The van der Waals surface area contributed by atoms with E-state index >= 15 is 0 Å². The van der Waals surface area contributed by atoms with Gasteiger partial charge in [-0.15, -0.1) is 10.2 Å². The van der Waals surface area contributed by atoms with Crippen molar-refractivity contribution in [2.45, 2.75) is 32.7 Å². The molecule has 4 heterocycles. The fourth-order valence-corrected chi connectivity index (χ4v) is 3.03. The summed E-state index contributed by atoms with van der Waals surface area (Å²) < 4.78 is 8.67. The summed E-state index contributed by atoms with van der Waals surface area (Å²) in [4.78, 5) is 29.1. The molecular weight excluding hydrogens is 312 g/mol. The van der Waals surface area contributed by atoms with Crippen molar-refractivity contribution in [3.63, 3.8) is 0 Å². The Morgan fingerprint density at radius 1 is 1.33 bits per heavy atom. The molecule has 1 amide bonds. The van der Waals surface area contributed by atoms with Gasteiger partial charge in [0.1, 0.15) is 23.3 Å². The van der Waals surface area contributed by atoms with Gasteiger partial charge in [-0.05, 0) is 19.8 Å². The lowest BCUT2D eigenvalue weighted by atomic mass is 10.1. The molecule has 1 N–H and O–H groups in total. The molecule has 0 aliphatic carbocycles. The molecule has 4 rings (SSSR count). The number of carbonyl (C=O) groups is 1. The summed E-state index contributed by atoms with van der Waals surface area (Å²) in [6.45, 7) is 2.40. The predicted octanol–water partition coefficient (Wildman–Crippen LogP) is 1.02. The molecule has 1 aliphatic rings. The molecule has 3 aromatic heterocycles. The van der Waals surface area contributed by atoms with E-state index in [2.05, 4.69) is 20.5 Å². The minimum atomic E-state index is -0.447. The van der Waals surface area contributed by atoms with Crippen LogP contribution in [0.25, 0.3) is 11.1 Å². The predicted molar refractivity (Wildman–Crippen MR) is 84.9 cm³/mol. The van der Waals surface area contributed by atoms with Crippen molar-refractivity contribution in [2.75, 3.05) is 5.32 Å². The Morgan fingerprint density at radius 2 is 2.17 bits per heavy atom. The molecule has 24 heavy (non-hydrogen) atoms. The van der Waals surface area contributed by atoms with Gasteiger partial charge in [0.05, 0.1) is 5.56 Å². The number of anilines is 1. The molecule has 0 saturated carbocycles. The highest BCUT2D eigenvalue weighted by Gasteiger charge is 2.25. The maximum atomic E-state index is 12.7. The zero-order chi connectivity index (χ0) is 16.8. The second-order valence-electron chi connectivity index (χ2n) is 5.88. The van der Waals surface area contributed by atoms with Crippen LogP contribution in [-0.2, 0) is 20.0 Å². The van der Waals surface area contributed by atoms with Gasteiger partial charge in [0.25, 0.3) is 11.5 Å². The van der Waals surface area contributed by atoms with E-state index in [0.717, 1.165) is 31.6 Å². The van der Waals surface area contributed by atoms with E-state index in [1.807, 2.05) is 4.57 Å². The van der Waals surface area contributed by atoms with Crippen molar-refractivity contribution in [1.82, 2.24) is 24.3 Å². The van der Waals surface area contributed by atoms with Gasteiger partial charge in [-0.1, -0.05) is 0 Å². The van der Waals surface area contributed by atoms with Crippen LogP contribution in [0.4, 0.5) is 5.95 Å². The van der Waals surface area contributed by atoms with Crippen molar-refractivity contribution >= 4 is 23.0 Å². The smallest absolute Gasteiger partial charge is 0.265 e. The molecule has 0 radical (unpaired) electrons. The first-order valence-corrected chi connectivity index (χ1v) is 7.74. The maximum Gasteiger partial charge on any atom is 0.265 e. The monoisotopic (exact) mass is 328 g/mol. The Kier molecular flexibility index (Phi) is 3.22. The van der Waals surface area contributed by atoms with Crippen LogP contribution < -0.4 is 10.9 Å². The molecular formula is C15H16N6O3. The number of fused-ring (bicyclic) bond motifs is 2. The average Bonchev–Trinajstić information content (AvgIpc) is 3.12. The number of hydrogen-bond donors (Lipinski definition) is 1. The van der Waals surface area contributed by atoms with E-state index in [9.17, 15) is 9.59 Å². The van der Waals surface area contributed by atoms with E-state index in [4.69, 9.17) is 4.42 Å². The number of carbonyl (C=O) groups excluding carboxylic acids is 1. The summed E-state index contributed by atoms with van der Waals surface area (Å²) >= 11 is 0. The molecule has 0 aromatic carbocycles. The Hall–Kier alpha value is -2.97. The van der Waals surface area contributed by atoms with Crippen LogP contribution in [0.5, 0.6) is 0 Å². The van der Waals surface area contributed by atoms with Gasteiger partial charge in [0.15, 0.2) is 0 Å². The van der Waals surface area contributed by atoms with Gasteiger partial charge in [0.2, 0.25) is 11.7 Å². The van der Waals surface area contributed by atoms with Crippen molar-refractivity contribution < 1.29 is 9.21 Å². The molecule has 0 spiro atoms. The number of aromatic nitrogens is 5. The summed E-state index contributed by atoms with van der Waals surface area (Å²) in [5, 5.41) is 11.1. The lowest BCUT2D eigenvalue weighted by Gasteiger charge is -2.14. The Bertz CT molecular complexity index is 1010. The minimum absolute atomic E-state index is 0.157. The van der Waals surface area contributed by atoms with Crippen LogP contribution >= 0.6 is 0 Å². The van der Waals surface area contributed by atoms with Crippen LogP contribution in [0.3, 0.4) is 0 Å². The fraction of sp³-hybridized carbons (Fsp3) is 0.400. The van der Waals surface area contributed by atoms with Crippen molar-refractivity contribution in [3.05, 3.63) is 33.8 Å². The summed E-state index contributed by atoms with van der Waals surface area (Å²) in [7, 11) is 1.58. The van der Waals surface area contributed by atoms with E-state index in [-0.39, 0.29) is 22.2 Å². The van der Waals surface area contributed by atoms with Crippen molar-refractivity contribution in [1.29, 1.82) is 0 Å². The Morgan fingerprint density at radius 3 is 3.00 bits per heavy atom. The molecule has 3 aromatic rings. The maximum absolute atomic E-state index is 12.7. The van der Waals surface area contributed by atoms with Crippen molar-refractivity contribution in [3.8, 4) is 0 Å². The van der Waals surface area contributed by atoms with Crippen LogP contribution in [-0.4, -0.2) is 30.2 Å². The fourth-order valence-electron chi connectivity index (χ4n) is 3.03. The summed E-state index contributed by atoms with van der Waals surface area (Å²) in [6.07, 6.45) is 4.30. The van der Waals surface area contributed by atoms with Crippen LogP contribution in [0.2, 0.25) is 0 Å². The molecule has 0 unspecified atom stereocenters. The number of aryl methyl sites for hydroxylation is 3. The normalized spacial score (nSPS) is 13.9. The second kappa shape index (κ2) is 5.29. The Labute approximate surface area is 136 Å². The topological polar surface area (TPSA) is 108 Å². The molecule has 0 saturated heterocycles. The molecule has 0 atom stereocenters. The molecule has 9 heteroatoms. The van der Waals surface area contributed by atoms with E-state index < -0.39 is 5.91 Å². The SMILES string of the molecule is Cc1oc2ncn(C)c(=O)c2c1C(=O)Nc1nnc2n1CCCC2. The van der Waals surface area contributed by atoms with Crippen molar-refractivity contribution in [2.24, 2.45) is 7.05 Å². The molecule has 0 fully saturated rings. The third kappa shape index (κ3) is 2.12. The number of furan rings is 1. The second-order valence-corrected chi connectivity index (χ2v) is 5.88. The van der Waals surface area contributed by atoms with Crippen LogP contribution in [0.1, 0.15) is 34.8 Å².